The zero-order valence-corrected chi connectivity index (χ0v) is 12.7. The fourth-order valence-electron chi connectivity index (χ4n) is 3.65. The van der Waals surface area contributed by atoms with Gasteiger partial charge in [0.25, 0.3) is 0 Å². The van der Waals surface area contributed by atoms with Crippen LogP contribution in [0, 0.1) is 19.8 Å². The molecule has 0 aromatic heterocycles. The van der Waals surface area contributed by atoms with Gasteiger partial charge in [-0.25, -0.2) is 0 Å². The Kier molecular flexibility index (Phi) is 3.87. The van der Waals surface area contributed by atoms with E-state index in [4.69, 9.17) is 4.74 Å². The van der Waals surface area contributed by atoms with Crippen molar-refractivity contribution in [3.8, 4) is 0 Å². The van der Waals surface area contributed by atoms with E-state index in [-0.39, 0.29) is 11.7 Å². The summed E-state index contributed by atoms with van der Waals surface area (Å²) in [5.74, 6) is 0.408. The number of aryl methyl sites for hydroxylation is 2. The number of aliphatic hydroxyl groups is 1. The van der Waals surface area contributed by atoms with Crippen molar-refractivity contribution in [1.82, 2.24) is 0 Å². The Hall–Kier alpha value is -0.860. The highest BCUT2D eigenvalue weighted by Gasteiger charge is 2.43. The average Bonchev–Trinajstić information content (AvgIpc) is 2.41. The van der Waals surface area contributed by atoms with E-state index in [1.54, 1.807) is 0 Å². The van der Waals surface area contributed by atoms with Crippen LogP contribution in [0.4, 0.5) is 0 Å². The maximum absolute atomic E-state index is 10.6. The van der Waals surface area contributed by atoms with Crippen molar-refractivity contribution >= 4 is 0 Å². The number of hydrogen-bond acceptors (Lipinski definition) is 2. The summed E-state index contributed by atoms with van der Waals surface area (Å²) in [5, 5.41) is 10.6. The monoisotopic (exact) mass is 274 g/mol. The molecule has 110 valence electrons. The molecule has 2 aliphatic rings. The van der Waals surface area contributed by atoms with E-state index >= 15 is 0 Å². The Balaban J connectivity index is 1.63. The Morgan fingerprint density at radius 2 is 2.10 bits per heavy atom. The third kappa shape index (κ3) is 2.77. The van der Waals surface area contributed by atoms with Gasteiger partial charge >= 0.3 is 0 Å². The van der Waals surface area contributed by atoms with Gasteiger partial charge in [-0.3, -0.25) is 0 Å². The Bertz CT molecular complexity index is 476. The third-order valence-corrected chi connectivity index (χ3v) is 5.36. The molecule has 1 saturated carbocycles. The number of rotatable bonds is 3. The van der Waals surface area contributed by atoms with Crippen molar-refractivity contribution in [3.63, 3.8) is 0 Å². The molecule has 20 heavy (non-hydrogen) atoms. The van der Waals surface area contributed by atoms with Gasteiger partial charge in [-0.1, -0.05) is 18.2 Å². The van der Waals surface area contributed by atoms with E-state index in [1.807, 2.05) is 0 Å². The lowest BCUT2D eigenvalue weighted by Gasteiger charge is -2.48. The van der Waals surface area contributed by atoms with Gasteiger partial charge in [0.05, 0.1) is 11.7 Å². The predicted molar refractivity (Wildman–Crippen MR) is 80.9 cm³/mol. The summed E-state index contributed by atoms with van der Waals surface area (Å²) in [5.41, 5.74) is 4.03. The Morgan fingerprint density at radius 1 is 1.30 bits per heavy atom. The molecule has 1 heterocycles. The molecule has 0 amide bonds. The second-order valence-electron chi connectivity index (χ2n) is 6.83. The van der Waals surface area contributed by atoms with Crippen LogP contribution in [0.3, 0.4) is 0 Å². The quantitative estimate of drug-likeness (QED) is 0.913. The molecule has 2 unspecified atom stereocenters. The molecule has 1 saturated heterocycles. The van der Waals surface area contributed by atoms with Gasteiger partial charge in [0, 0.05) is 6.61 Å². The zero-order valence-electron chi connectivity index (χ0n) is 12.7. The van der Waals surface area contributed by atoms with E-state index in [1.165, 1.54) is 36.0 Å². The van der Waals surface area contributed by atoms with Crippen LogP contribution in [0.1, 0.15) is 48.8 Å². The lowest BCUT2D eigenvalue weighted by molar-refractivity contribution is -0.156. The SMILES string of the molecule is Cc1ccc(CC(O)C2CCOC3(CCC3)C2)cc1C. The standard InChI is InChI=1S/C18H26O2/c1-13-4-5-15(10-14(13)2)11-17(19)16-6-9-20-18(12-16)7-3-8-18/h4-5,10,16-17,19H,3,6-9,11-12H2,1-2H3. The number of ether oxygens (including phenoxy) is 1. The predicted octanol–water partition coefficient (Wildman–Crippen LogP) is 3.56. The van der Waals surface area contributed by atoms with Crippen molar-refractivity contribution in [1.29, 1.82) is 0 Å². The van der Waals surface area contributed by atoms with Gasteiger partial charge in [0.1, 0.15) is 0 Å². The summed E-state index contributed by atoms with van der Waals surface area (Å²) < 4.78 is 5.96. The van der Waals surface area contributed by atoms with Crippen LogP contribution in [-0.2, 0) is 11.2 Å². The first-order valence-electron chi connectivity index (χ1n) is 7.96. The summed E-state index contributed by atoms with van der Waals surface area (Å²) in [4.78, 5) is 0. The second kappa shape index (κ2) is 5.50. The molecule has 2 fully saturated rings. The maximum Gasteiger partial charge on any atom is 0.0686 e. The highest BCUT2D eigenvalue weighted by atomic mass is 16.5. The molecular weight excluding hydrogens is 248 g/mol. The Morgan fingerprint density at radius 3 is 2.75 bits per heavy atom. The first-order valence-corrected chi connectivity index (χ1v) is 7.96. The fraction of sp³-hybridized carbons (Fsp3) is 0.667. The largest absolute Gasteiger partial charge is 0.392 e. The maximum atomic E-state index is 10.6. The molecule has 2 atom stereocenters. The average molecular weight is 274 g/mol. The minimum Gasteiger partial charge on any atom is -0.392 e. The lowest BCUT2D eigenvalue weighted by atomic mass is 9.70. The number of hydrogen-bond donors (Lipinski definition) is 1. The van der Waals surface area contributed by atoms with E-state index in [9.17, 15) is 5.11 Å². The van der Waals surface area contributed by atoms with Gasteiger partial charge in [0.15, 0.2) is 0 Å². The van der Waals surface area contributed by atoms with Crippen LogP contribution in [0.25, 0.3) is 0 Å². The molecule has 1 aromatic rings. The molecule has 1 N–H and O–H groups in total. The summed E-state index contributed by atoms with van der Waals surface area (Å²) in [6.45, 7) is 5.10. The Labute approximate surface area is 122 Å². The van der Waals surface area contributed by atoms with Gasteiger partial charge in [-0.2, -0.15) is 0 Å². The first-order chi connectivity index (χ1) is 9.58. The molecule has 1 spiro atoms. The van der Waals surface area contributed by atoms with E-state index in [0.717, 1.165) is 25.9 Å². The second-order valence-corrected chi connectivity index (χ2v) is 6.83. The topological polar surface area (TPSA) is 29.5 Å². The minimum absolute atomic E-state index is 0.132. The van der Waals surface area contributed by atoms with Gasteiger partial charge in [-0.15, -0.1) is 0 Å². The zero-order chi connectivity index (χ0) is 14.2. The molecule has 3 rings (SSSR count). The van der Waals surface area contributed by atoms with Crippen molar-refractivity contribution in [2.45, 2.75) is 64.1 Å². The summed E-state index contributed by atoms with van der Waals surface area (Å²) in [7, 11) is 0. The summed E-state index contributed by atoms with van der Waals surface area (Å²) in [6.07, 6.45) is 6.30. The van der Waals surface area contributed by atoms with Gasteiger partial charge in [-0.05, 0) is 75.0 Å². The normalized spacial score (nSPS) is 26.2. The minimum atomic E-state index is -0.224. The molecule has 0 radical (unpaired) electrons. The van der Waals surface area contributed by atoms with Crippen LogP contribution >= 0.6 is 0 Å². The smallest absolute Gasteiger partial charge is 0.0686 e. The highest BCUT2D eigenvalue weighted by Crippen LogP contribution is 2.45. The van der Waals surface area contributed by atoms with Crippen LogP contribution in [0.2, 0.25) is 0 Å². The summed E-state index contributed by atoms with van der Waals surface area (Å²) in [6, 6.07) is 6.54. The number of aliphatic hydroxyl groups excluding tert-OH is 1. The first kappa shape index (κ1) is 14.1. The molecule has 1 aliphatic carbocycles. The lowest BCUT2D eigenvalue weighted by Crippen LogP contribution is -2.48. The van der Waals surface area contributed by atoms with Crippen LogP contribution in [0.15, 0.2) is 18.2 Å². The van der Waals surface area contributed by atoms with Crippen LogP contribution in [0.5, 0.6) is 0 Å². The van der Waals surface area contributed by atoms with Gasteiger partial charge in [0.2, 0.25) is 0 Å². The third-order valence-electron chi connectivity index (χ3n) is 5.36. The molecule has 1 aromatic carbocycles. The van der Waals surface area contributed by atoms with Crippen LogP contribution < -0.4 is 0 Å². The van der Waals surface area contributed by atoms with Crippen LogP contribution in [-0.4, -0.2) is 23.4 Å². The molecule has 1 aliphatic heterocycles. The number of benzene rings is 1. The van der Waals surface area contributed by atoms with Crippen molar-refractivity contribution in [2.75, 3.05) is 6.61 Å². The van der Waals surface area contributed by atoms with Crippen molar-refractivity contribution < 1.29 is 9.84 Å². The molecule has 2 nitrogen and oxygen atoms in total. The molecule has 0 bridgehead atoms. The molecular formula is C18H26O2. The van der Waals surface area contributed by atoms with E-state index in [2.05, 4.69) is 32.0 Å². The molecule has 2 heteroatoms. The fourth-order valence-corrected chi connectivity index (χ4v) is 3.65. The van der Waals surface area contributed by atoms with E-state index in [0.29, 0.717) is 5.92 Å². The van der Waals surface area contributed by atoms with Gasteiger partial charge < -0.3 is 9.84 Å². The summed E-state index contributed by atoms with van der Waals surface area (Å²) >= 11 is 0. The van der Waals surface area contributed by atoms with E-state index < -0.39 is 0 Å². The highest BCUT2D eigenvalue weighted by molar-refractivity contribution is 5.30. The van der Waals surface area contributed by atoms with Crippen molar-refractivity contribution in [2.24, 2.45) is 5.92 Å². The van der Waals surface area contributed by atoms with Crippen molar-refractivity contribution in [3.05, 3.63) is 34.9 Å².